The van der Waals surface area contributed by atoms with Gasteiger partial charge in [-0.05, 0) is 55.5 Å². The number of hydrogen-bond acceptors (Lipinski definition) is 4. The molecule has 2 amide bonds. The van der Waals surface area contributed by atoms with Crippen molar-refractivity contribution >= 4 is 11.8 Å². The summed E-state index contributed by atoms with van der Waals surface area (Å²) < 4.78 is 0. The van der Waals surface area contributed by atoms with E-state index < -0.39 is 0 Å². The minimum Gasteiger partial charge on any atom is -0.301 e. The summed E-state index contributed by atoms with van der Waals surface area (Å²) in [5.41, 5.74) is 4.17. The van der Waals surface area contributed by atoms with Crippen LogP contribution in [0.5, 0.6) is 0 Å². The summed E-state index contributed by atoms with van der Waals surface area (Å²) in [6.07, 6.45) is 5.91. The predicted molar refractivity (Wildman–Crippen MR) is 121 cm³/mol. The standard InChI is InChI=1S/C26H31N3O2/c30-25-22-11-4-5-12-23(22)26(31)29(25)15-7-14-27-16-18-28(19-17-27)24-13-6-2-9-20-8-1-3-10-21(20)24/h1,3-5,8,10-12,24H,2,6-7,9,13-19H2. The molecule has 5 nitrogen and oxygen atoms in total. The molecule has 1 saturated heterocycles. The zero-order chi connectivity index (χ0) is 21.2. The van der Waals surface area contributed by atoms with Crippen molar-refractivity contribution in [1.82, 2.24) is 14.7 Å². The van der Waals surface area contributed by atoms with Gasteiger partial charge in [-0.2, -0.15) is 0 Å². The largest absolute Gasteiger partial charge is 0.301 e. The van der Waals surface area contributed by atoms with Gasteiger partial charge in [0.2, 0.25) is 0 Å². The summed E-state index contributed by atoms with van der Waals surface area (Å²) in [6.45, 7) is 5.73. The molecule has 1 unspecified atom stereocenters. The van der Waals surface area contributed by atoms with Crippen molar-refractivity contribution in [2.75, 3.05) is 39.3 Å². The normalized spacial score (nSPS) is 22.3. The van der Waals surface area contributed by atoms with E-state index in [-0.39, 0.29) is 11.8 Å². The molecule has 1 fully saturated rings. The molecule has 0 radical (unpaired) electrons. The molecule has 0 bridgehead atoms. The summed E-state index contributed by atoms with van der Waals surface area (Å²) in [7, 11) is 0. The van der Waals surface area contributed by atoms with Crippen molar-refractivity contribution in [3.05, 3.63) is 70.8 Å². The molecular weight excluding hydrogens is 386 g/mol. The maximum Gasteiger partial charge on any atom is 0.261 e. The number of amides is 2. The number of fused-ring (bicyclic) bond motifs is 2. The highest BCUT2D eigenvalue weighted by atomic mass is 16.2. The lowest BCUT2D eigenvalue weighted by atomic mass is 9.97. The van der Waals surface area contributed by atoms with E-state index >= 15 is 0 Å². The van der Waals surface area contributed by atoms with Gasteiger partial charge in [0, 0.05) is 38.8 Å². The number of imide groups is 1. The summed E-state index contributed by atoms with van der Waals surface area (Å²) in [4.78, 5) is 31.6. The number of piperazine rings is 1. The van der Waals surface area contributed by atoms with Crippen molar-refractivity contribution in [3.8, 4) is 0 Å². The molecule has 2 aliphatic heterocycles. The Kier molecular flexibility index (Phi) is 5.88. The van der Waals surface area contributed by atoms with E-state index in [1.165, 1.54) is 36.1 Å². The third-order valence-corrected chi connectivity index (χ3v) is 7.17. The molecule has 5 rings (SSSR count). The second-order valence-electron chi connectivity index (χ2n) is 9.00. The van der Waals surface area contributed by atoms with Crippen LogP contribution in [0.2, 0.25) is 0 Å². The van der Waals surface area contributed by atoms with Crippen LogP contribution in [0.1, 0.15) is 63.6 Å². The molecule has 0 spiro atoms. The Hall–Kier alpha value is -2.50. The maximum atomic E-state index is 12.5. The molecular formula is C26H31N3O2. The molecule has 1 aliphatic carbocycles. The van der Waals surface area contributed by atoms with Gasteiger partial charge in [-0.15, -0.1) is 0 Å². The second kappa shape index (κ2) is 8.93. The Morgan fingerprint density at radius 2 is 1.45 bits per heavy atom. The topological polar surface area (TPSA) is 43.9 Å². The summed E-state index contributed by atoms with van der Waals surface area (Å²) in [5.74, 6) is -0.283. The molecule has 162 valence electrons. The molecule has 0 aromatic heterocycles. The Morgan fingerprint density at radius 3 is 2.19 bits per heavy atom. The van der Waals surface area contributed by atoms with Gasteiger partial charge in [0.25, 0.3) is 11.8 Å². The van der Waals surface area contributed by atoms with E-state index in [0.29, 0.717) is 23.7 Å². The van der Waals surface area contributed by atoms with Crippen molar-refractivity contribution in [1.29, 1.82) is 0 Å². The highest BCUT2D eigenvalue weighted by molar-refractivity contribution is 6.21. The number of aryl methyl sites for hydroxylation is 1. The van der Waals surface area contributed by atoms with Gasteiger partial charge in [-0.3, -0.25) is 19.4 Å². The number of carbonyl (C=O) groups is 2. The van der Waals surface area contributed by atoms with Crippen LogP contribution in [0.15, 0.2) is 48.5 Å². The molecule has 2 aromatic carbocycles. The molecule has 3 aliphatic rings. The Balaban J connectivity index is 1.12. The lowest BCUT2D eigenvalue weighted by Crippen LogP contribution is -2.48. The summed E-state index contributed by atoms with van der Waals surface area (Å²) in [5, 5.41) is 0. The molecule has 0 N–H and O–H groups in total. The van der Waals surface area contributed by atoms with Gasteiger partial charge in [0.15, 0.2) is 0 Å². The molecule has 2 aromatic rings. The smallest absolute Gasteiger partial charge is 0.261 e. The summed E-state index contributed by atoms with van der Waals surface area (Å²) in [6, 6.07) is 16.7. The first-order valence-electron chi connectivity index (χ1n) is 11.7. The predicted octanol–water partition coefficient (Wildman–Crippen LogP) is 3.76. The minimum atomic E-state index is -0.141. The maximum absolute atomic E-state index is 12.5. The quantitative estimate of drug-likeness (QED) is 0.549. The van der Waals surface area contributed by atoms with E-state index in [1.807, 2.05) is 12.1 Å². The van der Waals surface area contributed by atoms with Crippen LogP contribution < -0.4 is 0 Å². The number of hydrogen-bond donors (Lipinski definition) is 0. The van der Waals surface area contributed by atoms with Gasteiger partial charge in [0.1, 0.15) is 0 Å². The molecule has 2 heterocycles. The Labute approximate surface area is 184 Å². The van der Waals surface area contributed by atoms with Gasteiger partial charge in [-0.1, -0.05) is 42.8 Å². The molecule has 31 heavy (non-hydrogen) atoms. The molecule has 5 heteroatoms. The highest BCUT2D eigenvalue weighted by Crippen LogP contribution is 2.33. The van der Waals surface area contributed by atoms with Crippen LogP contribution in [0.25, 0.3) is 0 Å². The van der Waals surface area contributed by atoms with E-state index in [4.69, 9.17) is 0 Å². The summed E-state index contributed by atoms with van der Waals surface area (Å²) >= 11 is 0. The Morgan fingerprint density at radius 1 is 0.774 bits per heavy atom. The van der Waals surface area contributed by atoms with E-state index in [2.05, 4.69) is 34.1 Å². The second-order valence-corrected chi connectivity index (χ2v) is 9.00. The number of rotatable bonds is 5. The average molecular weight is 418 g/mol. The van der Waals surface area contributed by atoms with E-state index in [1.54, 1.807) is 17.7 Å². The van der Waals surface area contributed by atoms with Crippen molar-refractivity contribution in [2.24, 2.45) is 0 Å². The Bertz CT molecular complexity index is 930. The van der Waals surface area contributed by atoms with Crippen LogP contribution in [-0.2, 0) is 6.42 Å². The van der Waals surface area contributed by atoms with E-state index in [9.17, 15) is 9.59 Å². The SMILES string of the molecule is O=C1c2ccccc2C(=O)N1CCCN1CCN(C2CCCCc3ccccc32)CC1. The minimum absolute atomic E-state index is 0.141. The van der Waals surface area contributed by atoms with Crippen LogP contribution in [-0.4, -0.2) is 65.8 Å². The van der Waals surface area contributed by atoms with Crippen LogP contribution in [0.4, 0.5) is 0 Å². The first-order chi connectivity index (χ1) is 15.2. The van der Waals surface area contributed by atoms with E-state index in [0.717, 1.165) is 39.1 Å². The molecule has 1 atom stereocenters. The zero-order valence-electron chi connectivity index (χ0n) is 18.1. The third-order valence-electron chi connectivity index (χ3n) is 7.17. The number of benzene rings is 2. The monoisotopic (exact) mass is 417 g/mol. The fourth-order valence-electron chi connectivity index (χ4n) is 5.47. The first kappa shape index (κ1) is 20.4. The van der Waals surface area contributed by atoms with Crippen molar-refractivity contribution in [2.45, 2.75) is 38.1 Å². The van der Waals surface area contributed by atoms with Crippen LogP contribution in [0.3, 0.4) is 0 Å². The lowest BCUT2D eigenvalue weighted by Gasteiger charge is -2.40. The fraction of sp³-hybridized carbons (Fsp3) is 0.462. The first-order valence-corrected chi connectivity index (χ1v) is 11.7. The lowest BCUT2D eigenvalue weighted by molar-refractivity contribution is 0.0630. The fourth-order valence-corrected chi connectivity index (χ4v) is 5.47. The molecule has 0 saturated carbocycles. The van der Waals surface area contributed by atoms with Crippen LogP contribution >= 0.6 is 0 Å². The highest BCUT2D eigenvalue weighted by Gasteiger charge is 2.34. The van der Waals surface area contributed by atoms with Gasteiger partial charge in [0.05, 0.1) is 11.1 Å². The van der Waals surface area contributed by atoms with Crippen LogP contribution in [0, 0.1) is 0 Å². The van der Waals surface area contributed by atoms with Gasteiger partial charge in [-0.25, -0.2) is 0 Å². The number of nitrogens with zero attached hydrogens (tertiary/aromatic N) is 3. The van der Waals surface area contributed by atoms with Gasteiger partial charge >= 0.3 is 0 Å². The van der Waals surface area contributed by atoms with Gasteiger partial charge < -0.3 is 4.90 Å². The van der Waals surface area contributed by atoms with Crippen molar-refractivity contribution in [3.63, 3.8) is 0 Å². The number of carbonyl (C=O) groups excluding carboxylic acids is 2. The third kappa shape index (κ3) is 4.04. The average Bonchev–Trinajstić information content (AvgIpc) is 2.96. The van der Waals surface area contributed by atoms with Crippen molar-refractivity contribution < 1.29 is 9.59 Å². The zero-order valence-corrected chi connectivity index (χ0v) is 18.1.